The molecule has 0 saturated carbocycles. The largest absolute Gasteiger partial charge is 0.744 e. The maximum absolute atomic E-state index is 13.9. The average Bonchev–Trinajstić information content (AvgIpc) is 2.55. The molecule has 0 aliphatic rings. The van der Waals surface area contributed by atoms with Crippen LogP contribution in [-0.4, -0.2) is 33.0 Å². The first-order chi connectivity index (χ1) is 12.4. The first-order valence-electron chi connectivity index (χ1n) is 6.87. The number of carbonyl (C=O) groups excluding carboxylic acids is 1. The van der Waals surface area contributed by atoms with Gasteiger partial charge in [0.25, 0.3) is 0 Å². The summed E-state index contributed by atoms with van der Waals surface area (Å²) < 4.78 is 92.4. The van der Waals surface area contributed by atoms with E-state index in [-0.39, 0.29) is 5.56 Å². The number of rotatable bonds is 4. The standard InChI is InChI=1S/C15H10F4INO5S/c1-21(2)8-4-3-6(5-7(8)20)15(22)26-13-9(16)11(18)14(27(23,24)25)12(19)10(13)17/h3-5H,1-2H3,(H,23,24,25)/p-1. The predicted molar refractivity (Wildman–Crippen MR) is 92.7 cm³/mol. The number of carbonyl (C=O) groups is 1. The van der Waals surface area contributed by atoms with Gasteiger partial charge in [-0.25, -0.2) is 22.0 Å². The second-order valence-corrected chi connectivity index (χ2v) is 7.80. The molecule has 0 aromatic heterocycles. The molecule has 146 valence electrons. The predicted octanol–water partition coefficient (Wildman–Crippen LogP) is 3.04. The Morgan fingerprint density at radius 1 is 1.07 bits per heavy atom. The van der Waals surface area contributed by atoms with Crippen molar-refractivity contribution in [3.05, 3.63) is 50.6 Å². The molecule has 0 fully saturated rings. The molecule has 0 atom stereocenters. The third-order valence-electron chi connectivity index (χ3n) is 3.29. The second kappa shape index (κ2) is 7.59. The Morgan fingerprint density at radius 3 is 2.00 bits per heavy atom. The van der Waals surface area contributed by atoms with Crippen LogP contribution in [0.15, 0.2) is 23.1 Å². The van der Waals surface area contributed by atoms with Crippen LogP contribution in [-0.2, 0) is 10.1 Å². The molecular formula is C15H9F4INO5S-. The zero-order chi connectivity index (χ0) is 20.7. The van der Waals surface area contributed by atoms with Gasteiger partial charge in [-0.2, -0.15) is 8.78 Å². The lowest BCUT2D eigenvalue weighted by molar-refractivity contribution is 0.0716. The molecule has 0 spiro atoms. The van der Waals surface area contributed by atoms with Gasteiger partial charge in [0.2, 0.25) is 17.4 Å². The van der Waals surface area contributed by atoms with E-state index in [2.05, 4.69) is 4.74 Å². The topological polar surface area (TPSA) is 86.7 Å². The van der Waals surface area contributed by atoms with Crippen molar-refractivity contribution < 1.29 is 40.1 Å². The summed E-state index contributed by atoms with van der Waals surface area (Å²) in [6.07, 6.45) is 0. The fourth-order valence-corrected chi connectivity index (χ4v) is 3.66. The molecule has 0 aliphatic carbocycles. The smallest absolute Gasteiger partial charge is 0.343 e. The zero-order valence-electron chi connectivity index (χ0n) is 13.5. The van der Waals surface area contributed by atoms with E-state index in [1.54, 1.807) is 19.0 Å². The zero-order valence-corrected chi connectivity index (χ0v) is 16.5. The van der Waals surface area contributed by atoms with Gasteiger partial charge in [0.15, 0.2) is 11.6 Å². The molecule has 2 aromatic rings. The number of esters is 1. The van der Waals surface area contributed by atoms with Crippen LogP contribution in [0.25, 0.3) is 0 Å². The summed E-state index contributed by atoms with van der Waals surface area (Å²) in [6, 6.07) is 4.05. The van der Waals surface area contributed by atoms with Crippen LogP contribution in [0.4, 0.5) is 23.2 Å². The fraction of sp³-hybridized carbons (Fsp3) is 0.133. The number of ether oxygens (including phenoxy) is 1. The number of halogens is 5. The Kier molecular flexibility index (Phi) is 6.01. The van der Waals surface area contributed by atoms with Crippen molar-refractivity contribution in [2.24, 2.45) is 0 Å². The molecule has 0 radical (unpaired) electrons. The van der Waals surface area contributed by atoms with Crippen molar-refractivity contribution >= 4 is 44.4 Å². The molecule has 2 aromatic carbocycles. The van der Waals surface area contributed by atoms with E-state index in [0.717, 1.165) is 0 Å². The lowest BCUT2D eigenvalue weighted by atomic mass is 10.2. The van der Waals surface area contributed by atoms with Crippen LogP contribution >= 0.6 is 22.6 Å². The summed E-state index contributed by atoms with van der Waals surface area (Å²) >= 11 is 1.88. The average molecular weight is 518 g/mol. The quantitative estimate of drug-likeness (QED) is 0.155. The summed E-state index contributed by atoms with van der Waals surface area (Å²) in [5, 5.41) is 0. The monoisotopic (exact) mass is 518 g/mol. The van der Waals surface area contributed by atoms with Crippen LogP contribution in [0.5, 0.6) is 5.75 Å². The van der Waals surface area contributed by atoms with E-state index < -0.39 is 50.0 Å². The Labute approximate surface area is 164 Å². The van der Waals surface area contributed by atoms with Gasteiger partial charge in [0, 0.05) is 23.4 Å². The Morgan fingerprint density at radius 2 is 1.59 bits per heavy atom. The lowest BCUT2D eigenvalue weighted by Crippen LogP contribution is -2.16. The molecular weight excluding hydrogens is 509 g/mol. The molecule has 0 heterocycles. The second-order valence-electron chi connectivity index (χ2n) is 5.32. The Balaban J connectivity index is 2.49. The molecule has 0 saturated heterocycles. The number of benzene rings is 2. The summed E-state index contributed by atoms with van der Waals surface area (Å²) in [4.78, 5) is 11.5. The van der Waals surface area contributed by atoms with E-state index in [4.69, 9.17) is 0 Å². The van der Waals surface area contributed by atoms with E-state index in [0.29, 0.717) is 9.26 Å². The van der Waals surface area contributed by atoms with Gasteiger partial charge in [-0.15, -0.1) is 0 Å². The first-order valence-corrected chi connectivity index (χ1v) is 9.35. The number of anilines is 1. The fourth-order valence-electron chi connectivity index (χ4n) is 2.05. The van der Waals surface area contributed by atoms with Crippen LogP contribution in [0.3, 0.4) is 0 Å². The highest BCUT2D eigenvalue weighted by Gasteiger charge is 2.31. The van der Waals surface area contributed by atoms with Gasteiger partial charge >= 0.3 is 5.97 Å². The van der Waals surface area contributed by atoms with E-state index in [9.17, 15) is 35.3 Å². The molecule has 27 heavy (non-hydrogen) atoms. The van der Waals surface area contributed by atoms with Crippen molar-refractivity contribution in [1.82, 2.24) is 0 Å². The van der Waals surface area contributed by atoms with Crippen molar-refractivity contribution in [2.45, 2.75) is 4.90 Å². The Hall–Kier alpha value is -1.93. The maximum Gasteiger partial charge on any atom is 0.343 e. The van der Waals surface area contributed by atoms with Crippen molar-refractivity contribution in [3.8, 4) is 5.75 Å². The van der Waals surface area contributed by atoms with Gasteiger partial charge in [0.1, 0.15) is 15.0 Å². The number of nitrogens with zero attached hydrogens (tertiary/aromatic N) is 1. The first kappa shape index (κ1) is 21.4. The molecule has 0 amide bonds. The highest BCUT2D eigenvalue weighted by molar-refractivity contribution is 14.1. The van der Waals surface area contributed by atoms with Gasteiger partial charge in [-0.05, 0) is 40.8 Å². The maximum atomic E-state index is 13.9. The molecule has 12 heteroatoms. The minimum atomic E-state index is -5.85. The SMILES string of the molecule is CN(C)c1ccc(C(=O)Oc2c(F)c(F)c(S(=O)(=O)[O-])c(F)c2F)cc1I. The van der Waals surface area contributed by atoms with Crippen molar-refractivity contribution in [1.29, 1.82) is 0 Å². The van der Waals surface area contributed by atoms with Crippen LogP contribution in [0.2, 0.25) is 0 Å². The van der Waals surface area contributed by atoms with Crippen LogP contribution < -0.4 is 9.64 Å². The van der Waals surface area contributed by atoms with E-state index in [1.807, 2.05) is 22.6 Å². The lowest BCUT2D eigenvalue weighted by Gasteiger charge is -2.16. The minimum Gasteiger partial charge on any atom is -0.744 e. The summed E-state index contributed by atoms with van der Waals surface area (Å²) in [5.74, 6) is -12.8. The van der Waals surface area contributed by atoms with Crippen LogP contribution in [0, 0.1) is 26.8 Å². The van der Waals surface area contributed by atoms with Gasteiger partial charge in [-0.3, -0.25) is 0 Å². The van der Waals surface area contributed by atoms with Gasteiger partial charge < -0.3 is 14.2 Å². The molecule has 0 aliphatic heterocycles. The van der Waals surface area contributed by atoms with Crippen molar-refractivity contribution in [3.63, 3.8) is 0 Å². The number of hydrogen-bond acceptors (Lipinski definition) is 6. The van der Waals surface area contributed by atoms with E-state index in [1.165, 1.54) is 18.2 Å². The highest BCUT2D eigenvalue weighted by atomic mass is 127. The minimum absolute atomic E-state index is 0.190. The molecule has 2 rings (SSSR count). The molecule has 0 N–H and O–H groups in total. The number of hydrogen-bond donors (Lipinski definition) is 0. The van der Waals surface area contributed by atoms with Crippen molar-refractivity contribution in [2.75, 3.05) is 19.0 Å². The third kappa shape index (κ3) is 4.16. The Bertz CT molecular complexity index is 1010. The van der Waals surface area contributed by atoms with Crippen LogP contribution in [0.1, 0.15) is 10.4 Å². The highest BCUT2D eigenvalue weighted by Crippen LogP contribution is 2.33. The normalized spacial score (nSPS) is 11.4. The molecule has 6 nitrogen and oxygen atoms in total. The summed E-state index contributed by atoms with van der Waals surface area (Å²) in [7, 11) is -2.38. The summed E-state index contributed by atoms with van der Waals surface area (Å²) in [5.41, 5.74) is 0.525. The third-order valence-corrected chi connectivity index (χ3v) is 5.02. The van der Waals surface area contributed by atoms with E-state index >= 15 is 0 Å². The molecule has 0 bridgehead atoms. The van der Waals surface area contributed by atoms with Gasteiger partial charge in [-0.1, -0.05) is 0 Å². The molecule has 0 unspecified atom stereocenters. The van der Waals surface area contributed by atoms with Gasteiger partial charge in [0.05, 0.1) is 5.56 Å². The summed E-state index contributed by atoms with van der Waals surface area (Å²) in [6.45, 7) is 0.